The minimum absolute atomic E-state index is 0.207. The van der Waals surface area contributed by atoms with Crippen LogP contribution in [0, 0.1) is 5.41 Å². The topological polar surface area (TPSA) is 155 Å². The van der Waals surface area contributed by atoms with E-state index in [1.807, 2.05) is 26.1 Å². The second-order valence-electron chi connectivity index (χ2n) is 5.85. The van der Waals surface area contributed by atoms with Gasteiger partial charge in [-0.2, -0.15) is 9.32 Å². The summed E-state index contributed by atoms with van der Waals surface area (Å²) >= 11 is 0.948. The highest BCUT2D eigenvalue weighted by Crippen LogP contribution is 2.21. The Labute approximate surface area is 188 Å². The summed E-state index contributed by atoms with van der Waals surface area (Å²) in [5, 5.41) is 21.6. The Bertz CT molecular complexity index is 867. The number of benzene rings is 1. The predicted molar refractivity (Wildman–Crippen MR) is 132 cm³/mol. The van der Waals surface area contributed by atoms with E-state index in [4.69, 9.17) is 22.1 Å². The first kappa shape index (κ1) is 27.8. The molecule has 0 aliphatic heterocycles. The molecule has 2 rings (SSSR count). The smallest absolute Gasteiger partial charge is 0.221 e. The number of likely N-dealkylation sites (N-methyl/N-ethyl adjacent to an activating group) is 1. The predicted octanol–water partition coefficient (Wildman–Crippen LogP) is 4.38. The second-order valence-corrected chi connectivity index (χ2v) is 6.81. The van der Waals surface area contributed by atoms with E-state index in [0.29, 0.717) is 22.8 Å². The van der Waals surface area contributed by atoms with Gasteiger partial charge < -0.3 is 27.5 Å². The van der Waals surface area contributed by atoms with Crippen molar-refractivity contribution in [1.82, 2.24) is 15.3 Å². The lowest BCUT2D eigenvalue weighted by molar-refractivity contribution is -0.115. The number of allylic oxidation sites excluding steroid dienone is 3. The molecule has 0 radical (unpaired) electrons. The fourth-order valence-corrected chi connectivity index (χ4v) is 2.16. The minimum atomic E-state index is 0.207. The molecule has 2 aromatic rings. The molecule has 0 fully saturated rings. The van der Waals surface area contributed by atoms with Gasteiger partial charge in [0.2, 0.25) is 5.95 Å². The summed E-state index contributed by atoms with van der Waals surface area (Å²) in [4.78, 5) is 8.79. The normalized spacial score (nSPS) is 10.0. The Morgan fingerprint density at radius 1 is 1.26 bits per heavy atom. The third-order valence-electron chi connectivity index (χ3n) is 3.33. The number of rotatable bonds is 8. The average molecular weight is 446 g/mol. The summed E-state index contributed by atoms with van der Waals surface area (Å²) in [5.74, 6) is 0.805. The molecule has 0 atom stereocenters. The molecule has 0 bridgehead atoms. The van der Waals surface area contributed by atoms with E-state index >= 15 is 0 Å². The maximum Gasteiger partial charge on any atom is 0.221 e. The summed E-state index contributed by atoms with van der Waals surface area (Å²) in [6, 6.07) is 7.08. The van der Waals surface area contributed by atoms with Crippen molar-refractivity contribution in [1.29, 1.82) is 5.41 Å². The van der Waals surface area contributed by atoms with E-state index in [-0.39, 0.29) is 5.95 Å². The number of hydrogen-bond donors (Lipinski definition) is 6. The Hall–Kier alpha value is -3.18. The van der Waals surface area contributed by atoms with Gasteiger partial charge in [0, 0.05) is 40.3 Å². The van der Waals surface area contributed by atoms with Gasteiger partial charge in [0.1, 0.15) is 5.82 Å². The number of nitrogens with two attached hydrogens (primary N) is 2. The number of nitrogens with zero attached hydrogens (tertiary/aromatic N) is 2. The highest BCUT2D eigenvalue weighted by molar-refractivity contribution is 7.98. The zero-order chi connectivity index (χ0) is 23.6. The zero-order valence-corrected chi connectivity index (χ0v) is 18.9. The van der Waals surface area contributed by atoms with Crippen LogP contribution in [0.3, 0.4) is 0 Å². The fourth-order valence-electron chi connectivity index (χ4n) is 1.89. The lowest BCUT2D eigenvalue weighted by Gasteiger charge is -2.09. The third-order valence-corrected chi connectivity index (χ3v) is 3.84. The summed E-state index contributed by atoms with van der Waals surface area (Å²) < 4.78 is 3.82. The first-order chi connectivity index (χ1) is 14.8. The number of anilines is 4. The summed E-state index contributed by atoms with van der Waals surface area (Å²) in [5.41, 5.74) is 13.8. The van der Waals surface area contributed by atoms with Crippen molar-refractivity contribution in [3.05, 3.63) is 72.3 Å². The molecule has 1 heterocycles. The largest absolute Gasteiger partial charge is 0.398 e. The highest BCUT2D eigenvalue weighted by Gasteiger charge is 2.04. The van der Waals surface area contributed by atoms with Crippen molar-refractivity contribution < 1.29 is 9.59 Å². The van der Waals surface area contributed by atoms with E-state index in [2.05, 4.69) is 38.1 Å². The van der Waals surface area contributed by atoms with Crippen molar-refractivity contribution >= 4 is 40.9 Å². The van der Waals surface area contributed by atoms with Gasteiger partial charge in [-0.15, -0.1) is 0 Å². The summed E-state index contributed by atoms with van der Waals surface area (Å²) in [6.45, 7) is 11.1. The van der Waals surface area contributed by atoms with Crippen molar-refractivity contribution in [2.75, 3.05) is 30.4 Å². The van der Waals surface area contributed by atoms with E-state index in [1.165, 1.54) is 0 Å². The van der Waals surface area contributed by atoms with Crippen molar-refractivity contribution in [2.45, 2.75) is 13.8 Å². The van der Waals surface area contributed by atoms with Gasteiger partial charge >= 0.3 is 0 Å². The number of aromatic nitrogens is 2. The molecule has 0 aliphatic rings. The molecular weight excluding hydrogens is 414 g/mol. The Morgan fingerprint density at radius 3 is 2.45 bits per heavy atom. The number of nitrogen functional groups attached to an aromatic ring is 2. The van der Waals surface area contributed by atoms with Crippen molar-refractivity contribution in [2.24, 2.45) is 0 Å². The van der Waals surface area contributed by atoms with Crippen LogP contribution in [0.25, 0.3) is 0 Å². The van der Waals surface area contributed by atoms with Gasteiger partial charge in [0.15, 0.2) is 0 Å². The molecule has 0 unspecified atom stereocenters. The molecule has 10 heteroatoms. The third kappa shape index (κ3) is 12.9. The van der Waals surface area contributed by atoms with Crippen LogP contribution in [0.15, 0.2) is 66.8 Å². The molecule has 1 aromatic carbocycles. The maximum absolute atomic E-state index is 7.94. The standard InChI is InChI=1S/C12H14N6.C5H11NO2S.C4H6/c1-7(13)9-6-8(2-3-10(9)14)17-11-4-5-16-12(15)18-11;1-5(9-8-7)3-4-6-2;1-3-4-2/h2-6,13H,14H2,1H3,(H3,15,16,17,18);3,6-7H,4H2,1-2H3;3-4H,1-2H2/b;5-3+;. The minimum Gasteiger partial charge on any atom is -0.398 e. The first-order valence-corrected chi connectivity index (χ1v) is 9.86. The highest BCUT2D eigenvalue weighted by atomic mass is 32.2. The molecule has 0 amide bonds. The molecule has 0 aliphatic carbocycles. The summed E-state index contributed by atoms with van der Waals surface area (Å²) in [7, 11) is 1.86. The average Bonchev–Trinajstić information content (AvgIpc) is 2.74. The molecule has 0 saturated heterocycles. The van der Waals surface area contributed by atoms with Crippen LogP contribution in [-0.2, 0) is 4.33 Å². The molecule has 31 heavy (non-hydrogen) atoms. The first-order valence-electron chi connectivity index (χ1n) is 9.12. The van der Waals surface area contributed by atoms with Crippen LogP contribution in [0.1, 0.15) is 19.4 Å². The van der Waals surface area contributed by atoms with Crippen LogP contribution < -0.4 is 22.1 Å². The van der Waals surface area contributed by atoms with Crippen molar-refractivity contribution in [3.63, 3.8) is 0 Å². The molecule has 0 saturated carbocycles. The van der Waals surface area contributed by atoms with Gasteiger partial charge in [0.05, 0.1) is 12.0 Å². The van der Waals surface area contributed by atoms with Gasteiger partial charge in [-0.05, 0) is 45.2 Å². The van der Waals surface area contributed by atoms with E-state index in [1.54, 1.807) is 43.5 Å². The van der Waals surface area contributed by atoms with E-state index in [9.17, 15) is 0 Å². The Kier molecular flexibility index (Phi) is 14.9. The monoisotopic (exact) mass is 445 g/mol. The number of nitrogens with one attached hydrogen (secondary N) is 3. The maximum atomic E-state index is 7.94. The van der Waals surface area contributed by atoms with Crippen LogP contribution >= 0.6 is 12.0 Å². The molecule has 0 spiro atoms. The van der Waals surface area contributed by atoms with Gasteiger partial charge in [-0.1, -0.05) is 31.4 Å². The van der Waals surface area contributed by atoms with Crippen molar-refractivity contribution in [3.8, 4) is 0 Å². The molecule has 8 N–H and O–H groups in total. The van der Waals surface area contributed by atoms with Crippen LogP contribution in [0.5, 0.6) is 0 Å². The van der Waals surface area contributed by atoms with Crippen LogP contribution in [0.2, 0.25) is 0 Å². The van der Waals surface area contributed by atoms with Gasteiger partial charge in [-0.3, -0.25) is 0 Å². The number of hydrogen-bond acceptors (Lipinski definition) is 10. The molecule has 168 valence electrons. The molecule has 9 nitrogen and oxygen atoms in total. The second kappa shape index (κ2) is 16.6. The quantitative estimate of drug-likeness (QED) is 0.0867. The molecular formula is C21H31N7O2S. The van der Waals surface area contributed by atoms with Gasteiger partial charge in [-0.25, -0.2) is 10.2 Å². The fraction of sp³-hybridized carbons (Fsp3) is 0.190. The molecule has 1 aromatic heterocycles. The lowest BCUT2D eigenvalue weighted by atomic mass is 10.1. The van der Waals surface area contributed by atoms with Crippen LogP contribution in [0.4, 0.5) is 23.1 Å². The Balaban J connectivity index is 0.000000581. The van der Waals surface area contributed by atoms with E-state index in [0.717, 1.165) is 29.2 Å². The SMILES string of the molecule is C=CC=C.CC(=N)c1cc(Nc2ccnc(N)n2)ccc1N.CNC/C=C(\C)SOO. The van der Waals surface area contributed by atoms with Crippen LogP contribution in [-0.4, -0.2) is 34.5 Å². The van der Waals surface area contributed by atoms with Gasteiger partial charge in [0.25, 0.3) is 0 Å². The zero-order valence-electron chi connectivity index (χ0n) is 18.1. The lowest BCUT2D eigenvalue weighted by Crippen LogP contribution is -2.04. The summed E-state index contributed by atoms with van der Waals surface area (Å²) in [6.07, 6.45) is 6.77. The Morgan fingerprint density at radius 2 is 1.94 bits per heavy atom. The van der Waals surface area contributed by atoms with E-state index < -0.39 is 0 Å².